The molecule has 1 aliphatic heterocycles. The number of carbonyl (C=O) groups is 1. The number of amides is 1. The summed E-state index contributed by atoms with van der Waals surface area (Å²) >= 11 is 0. The van der Waals surface area contributed by atoms with Crippen molar-refractivity contribution in [3.8, 4) is 5.75 Å². The van der Waals surface area contributed by atoms with E-state index < -0.39 is 5.54 Å². The number of hydrogen-bond acceptors (Lipinski definition) is 4. The van der Waals surface area contributed by atoms with Crippen LogP contribution < -0.4 is 15.8 Å². The van der Waals surface area contributed by atoms with Crippen LogP contribution in [-0.2, 0) is 9.53 Å². The van der Waals surface area contributed by atoms with Crippen molar-refractivity contribution in [1.82, 2.24) is 5.32 Å². The Hall–Kier alpha value is -1.59. The van der Waals surface area contributed by atoms with Gasteiger partial charge >= 0.3 is 0 Å². The van der Waals surface area contributed by atoms with Gasteiger partial charge in [-0.2, -0.15) is 0 Å². The van der Waals surface area contributed by atoms with E-state index in [1.165, 1.54) is 0 Å². The SMILES string of the molecule is CCOc1ccc(C(C)NC(=O)C2(N)CCOC2)cc1. The highest BCUT2D eigenvalue weighted by Gasteiger charge is 2.38. The molecule has 2 atom stereocenters. The van der Waals surface area contributed by atoms with E-state index in [1.807, 2.05) is 38.1 Å². The minimum Gasteiger partial charge on any atom is -0.494 e. The maximum Gasteiger partial charge on any atom is 0.243 e. The van der Waals surface area contributed by atoms with Gasteiger partial charge in [0.25, 0.3) is 0 Å². The third-order valence-corrected chi connectivity index (χ3v) is 3.54. The van der Waals surface area contributed by atoms with Crippen LogP contribution in [0, 0.1) is 0 Å². The Bertz CT molecular complexity index is 453. The first-order valence-electron chi connectivity index (χ1n) is 6.95. The molecule has 1 amide bonds. The zero-order valence-electron chi connectivity index (χ0n) is 12.0. The quantitative estimate of drug-likeness (QED) is 0.853. The van der Waals surface area contributed by atoms with Gasteiger partial charge in [0.2, 0.25) is 5.91 Å². The fraction of sp³-hybridized carbons (Fsp3) is 0.533. The highest BCUT2D eigenvalue weighted by molar-refractivity contribution is 5.86. The molecule has 0 aromatic heterocycles. The zero-order valence-corrected chi connectivity index (χ0v) is 12.0. The summed E-state index contributed by atoms with van der Waals surface area (Å²) in [6.45, 7) is 5.35. The van der Waals surface area contributed by atoms with Crippen molar-refractivity contribution in [3.63, 3.8) is 0 Å². The Morgan fingerprint density at radius 2 is 2.20 bits per heavy atom. The molecule has 1 heterocycles. The van der Waals surface area contributed by atoms with E-state index >= 15 is 0 Å². The molecule has 1 aromatic carbocycles. The van der Waals surface area contributed by atoms with E-state index in [1.54, 1.807) is 0 Å². The van der Waals surface area contributed by atoms with Gasteiger partial charge in [-0.3, -0.25) is 4.79 Å². The van der Waals surface area contributed by atoms with Gasteiger partial charge < -0.3 is 20.5 Å². The van der Waals surface area contributed by atoms with Gasteiger partial charge in [-0.1, -0.05) is 12.1 Å². The Morgan fingerprint density at radius 3 is 2.75 bits per heavy atom. The number of carbonyl (C=O) groups excluding carboxylic acids is 1. The molecule has 3 N–H and O–H groups in total. The van der Waals surface area contributed by atoms with E-state index in [4.69, 9.17) is 15.2 Å². The molecule has 110 valence electrons. The second-order valence-electron chi connectivity index (χ2n) is 5.16. The molecule has 0 saturated carbocycles. The van der Waals surface area contributed by atoms with E-state index in [0.717, 1.165) is 11.3 Å². The zero-order chi connectivity index (χ0) is 14.6. The van der Waals surface area contributed by atoms with Crippen molar-refractivity contribution >= 4 is 5.91 Å². The molecule has 1 fully saturated rings. The van der Waals surface area contributed by atoms with Crippen molar-refractivity contribution in [1.29, 1.82) is 0 Å². The summed E-state index contributed by atoms with van der Waals surface area (Å²) in [7, 11) is 0. The number of rotatable bonds is 5. The highest BCUT2D eigenvalue weighted by Crippen LogP contribution is 2.20. The lowest BCUT2D eigenvalue weighted by Crippen LogP contribution is -2.54. The molecule has 0 bridgehead atoms. The summed E-state index contributed by atoms with van der Waals surface area (Å²) in [4.78, 5) is 12.2. The molecular weight excluding hydrogens is 256 g/mol. The topological polar surface area (TPSA) is 73.6 Å². The van der Waals surface area contributed by atoms with E-state index in [9.17, 15) is 4.79 Å². The first kappa shape index (κ1) is 14.8. The maximum atomic E-state index is 12.2. The van der Waals surface area contributed by atoms with Crippen LogP contribution in [0.2, 0.25) is 0 Å². The third kappa shape index (κ3) is 3.29. The van der Waals surface area contributed by atoms with Gasteiger partial charge in [0, 0.05) is 6.61 Å². The summed E-state index contributed by atoms with van der Waals surface area (Å²) in [5, 5.41) is 2.95. The van der Waals surface area contributed by atoms with Gasteiger partial charge in [0.15, 0.2) is 0 Å². The van der Waals surface area contributed by atoms with Crippen LogP contribution in [-0.4, -0.2) is 31.3 Å². The van der Waals surface area contributed by atoms with Gasteiger partial charge in [-0.05, 0) is 38.0 Å². The fourth-order valence-electron chi connectivity index (χ4n) is 2.20. The summed E-state index contributed by atoms with van der Waals surface area (Å²) in [6.07, 6.45) is 0.564. The van der Waals surface area contributed by atoms with Crippen LogP contribution in [0.1, 0.15) is 31.9 Å². The molecule has 1 aliphatic rings. The Kier molecular flexibility index (Phi) is 4.62. The molecule has 5 heteroatoms. The number of nitrogens with one attached hydrogen (secondary N) is 1. The van der Waals surface area contributed by atoms with Crippen LogP contribution in [0.5, 0.6) is 5.75 Å². The lowest BCUT2D eigenvalue weighted by molar-refractivity contribution is -0.127. The number of nitrogens with two attached hydrogens (primary N) is 1. The summed E-state index contributed by atoms with van der Waals surface area (Å²) < 4.78 is 10.6. The minimum absolute atomic E-state index is 0.0980. The maximum absolute atomic E-state index is 12.2. The van der Waals surface area contributed by atoms with Crippen molar-refractivity contribution < 1.29 is 14.3 Å². The Labute approximate surface area is 119 Å². The van der Waals surface area contributed by atoms with Crippen LogP contribution in [0.3, 0.4) is 0 Å². The molecule has 5 nitrogen and oxygen atoms in total. The molecular formula is C15H22N2O3. The molecule has 2 rings (SSSR count). The summed E-state index contributed by atoms with van der Waals surface area (Å²) in [6, 6.07) is 7.60. The van der Waals surface area contributed by atoms with Crippen LogP contribution in [0.15, 0.2) is 24.3 Å². The van der Waals surface area contributed by atoms with Crippen molar-refractivity contribution in [2.75, 3.05) is 19.8 Å². The normalized spacial score (nSPS) is 23.4. The number of hydrogen-bond donors (Lipinski definition) is 2. The van der Waals surface area contributed by atoms with Gasteiger partial charge in [-0.15, -0.1) is 0 Å². The van der Waals surface area contributed by atoms with Crippen LogP contribution in [0.25, 0.3) is 0 Å². The average Bonchev–Trinajstić information content (AvgIpc) is 2.88. The highest BCUT2D eigenvalue weighted by atomic mass is 16.5. The lowest BCUT2D eigenvalue weighted by Gasteiger charge is -2.24. The minimum atomic E-state index is -0.889. The largest absolute Gasteiger partial charge is 0.494 e. The van der Waals surface area contributed by atoms with Gasteiger partial charge in [0.05, 0.1) is 19.3 Å². The fourth-order valence-corrected chi connectivity index (χ4v) is 2.20. The van der Waals surface area contributed by atoms with Crippen molar-refractivity contribution in [2.24, 2.45) is 5.73 Å². The van der Waals surface area contributed by atoms with Crippen LogP contribution >= 0.6 is 0 Å². The number of benzene rings is 1. The van der Waals surface area contributed by atoms with Gasteiger partial charge in [-0.25, -0.2) is 0 Å². The monoisotopic (exact) mass is 278 g/mol. The molecule has 0 aliphatic carbocycles. The lowest BCUT2D eigenvalue weighted by atomic mass is 9.98. The van der Waals surface area contributed by atoms with E-state index in [0.29, 0.717) is 19.6 Å². The smallest absolute Gasteiger partial charge is 0.243 e. The predicted molar refractivity (Wildman–Crippen MR) is 76.5 cm³/mol. The van der Waals surface area contributed by atoms with Gasteiger partial charge in [0.1, 0.15) is 11.3 Å². The predicted octanol–water partition coefficient (Wildman–Crippen LogP) is 1.38. The third-order valence-electron chi connectivity index (χ3n) is 3.54. The Balaban J connectivity index is 1.97. The average molecular weight is 278 g/mol. The van der Waals surface area contributed by atoms with E-state index in [-0.39, 0.29) is 18.6 Å². The standard InChI is InChI=1S/C15H22N2O3/c1-3-20-13-6-4-12(5-7-13)11(2)17-14(18)15(16)8-9-19-10-15/h4-7,11H,3,8-10,16H2,1-2H3,(H,17,18). The van der Waals surface area contributed by atoms with Crippen LogP contribution in [0.4, 0.5) is 0 Å². The summed E-state index contributed by atoms with van der Waals surface area (Å²) in [5.41, 5.74) is 6.16. The number of ether oxygens (including phenoxy) is 2. The summed E-state index contributed by atoms with van der Waals surface area (Å²) in [5.74, 6) is 0.672. The second kappa shape index (κ2) is 6.24. The van der Waals surface area contributed by atoms with Crippen molar-refractivity contribution in [3.05, 3.63) is 29.8 Å². The van der Waals surface area contributed by atoms with E-state index in [2.05, 4.69) is 5.32 Å². The Morgan fingerprint density at radius 1 is 1.50 bits per heavy atom. The first-order chi connectivity index (χ1) is 9.55. The first-order valence-corrected chi connectivity index (χ1v) is 6.95. The molecule has 0 spiro atoms. The molecule has 0 radical (unpaired) electrons. The van der Waals surface area contributed by atoms with Crippen molar-refractivity contribution in [2.45, 2.75) is 31.8 Å². The molecule has 1 aromatic rings. The molecule has 1 saturated heterocycles. The molecule has 2 unspecified atom stereocenters. The second-order valence-corrected chi connectivity index (χ2v) is 5.16. The molecule has 20 heavy (non-hydrogen) atoms.